The number of thiazole rings is 1. The van der Waals surface area contributed by atoms with Gasteiger partial charge in [0.1, 0.15) is 10.7 Å². The largest absolute Gasteiger partial charge is 0.375 e. The van der Waals surface area contributed by atoms with Gasteiger partial charge in [-0.1, -0.05) is 23.7 Å². The fourth-order valence-electron chi connectivity index (χ4n) is 2.29. The average Bonchev–Trinajstić information content (AvgIpc) is 2.96. The molecule has 21 heavy (non-hydrogen) atoms. The summed E-state index contributed by atoms with van der Waals surface area (Å²) in [5.74, 6) is -0.0327. The maximum Gasteiger partial charge on any atom is 0.273 e. The van der Waals surface area contributed by atoms with Gasteiger partial charge in [0.05, 0.1) is 12.7 Å². The van der Waals surface area contributed by atoms with E-state index in [0.717, 1.165) is 10.6 Å². The highest BCUT2D eigenvalue weighted by molar-refractivity contribution is 7.13. The highest BCUT2D eigenvalue weighted by Crippen LogP contribution is 2.26. The number of morpholine rings is 1. The van der Waals surface area contributed by atoms with Gasteiger partial charge in [0.15, 0.2) is 0 Å². The summed E-state index contributed by atoms with van der Waals surface area (Å²) in [4.78, 5) is 18.7. The number of benzene rings is 1. The zero-order valence-corrected chi connectivity index (χ0v) is 13.2. The van der Waals surface area contributed by atoms with Gasteiger partial charge in [-0.05, 0) is 19.1 Å². The fraction of sp³-hybridized carbons (Fsp3) is 0.333. The van der Waals surface area contributed by atoms with Crippen molar-refractivity contribution in [1.82, 2.24) is 9.88 Å². The van der Waals surface area contributed by atoms with Crippen molar-refractivity contribution in [3.63, 3.8) is 0 Å². The van der Waals surface area contributed by atoms with Crippen molar-refractivity contribution in [2.24, 2.45) is 0 Å². The van der Waals surface area contributed by atoms with Crippen LogP contribution in [0.3, 0.4) is 0 Å². The first-order chi connectivity index (χ1) is 10.1. The van der Waals surface area contributed by atoms with Crippen LogP contribution in [0.1, 0.15) is 17.4 Å². The second-order valence-electron chi connectivity index (χ2n) is 4.98. The Balaban J connectivity index is 1.80. The number of hydrogen-bond donors (Lipinski definition) is 0. The quantitative estimate of drug-likeness (QED) is 0.851. The van der Waals surface area contributed by atoms with Gasteiger partial charge < -0.3 is 9.64 Å². The molecule has 0 bridgehead atoms. The lowest BCUT2D eigenvalue weighted by Gasteiger charge is -2.30. The molecule has 0 radical (unpaired) electrons. The Bertz CT molecular complexity index is 659. The summed E-state index contributed by atoms with van der Waals surface area (Å²) >= 11 is 7.45. The smallest absolute Gasteiger partial charge is 0.273 e. The Labute approximate surface area is 132 Å². The normalized spacial score (nSPS) is 18.8. The molecule has 1 amide bonds. The van der Waals surface area contributed by atoms with E-state index in [-0.39, 0.29) is 12.0 Å². The monoisotopic (exact) mass is 322 g/mol. The summed E-state index contributed by atoms with van der Waals surface area (Å²) in [6.45, 7) is 3.78. The Morgan fingerprint density at radius 3 is 3.14 bits per heavy atom. The van der Waals surface area contributed by atoms with Crippen LogP contribution in [0.4, 0.5) is 0 Å². The molecule has 2 heterocycles. The lowest BCUT2D eigenvalue weighted by Crippen LogP contribution is -2.44. The van der Waals surface area contributed by atoms with E-state index in [4.69, 9.17) is 16.3 Å². The van der Waals surface area contributed by atoms with Gasteiger partial charge in [-0.15, -0.1) is 11.3 Å². The van der Waals surface area contributed by atoms with Crippen molar-refractivity contribution >= 4 is 28.8 Å². The molecule has 6 heteroatoms. The van der Waals surface area contributed by atoms with E-state index in [1.54, 1.807) is 10.3 Å². The van der Waals surface area contributed by atoms with Crippen molar-refractivity contribution in [3.05, 3.63) is 40.4 Å². The Hall–Kier alpha value is -1.43. The van der Waals surface area contributed by atoms with E-state index in [1.807, 2.05) is 31.2 Å². The number of halogens is 1. The molecule has 0 saturated carbocycles. The van der Waals surface area contributed by atoms with Crippen LogP contribution in [0.5, 0.6) is 0 Å². The number of ether oxygens (including phenoxy) is 1. The predicted octanol–water partition coefficient (Wildman–Crippen LogP) is 3.32. The lowest BCUT2D eigenvalue weighted by molar-refractivity contribution is -0.0126. The molecular formula is C15H15ClN2O2S. The summed E-state index contributed by atoms with van der Waals surface area (Å²) in [7, 11) is 0. The van der Waals surface area contributed by atoms with E-state index >= 15 is 0 Å². The van der Waals surface area contributed by atoms with Crippen LogP contribution in [-0.2, 0) is 4.74 Å². The van der Waals surface area contributed by atoms with E-state index in [0.29, 0.717) is 30.4 Å². The number of carbonyl (C=O) groups excluding carboxylic acids is 1. The maximum absolute atomic E-state index is 12.4. The highest BCUT2D eigenvalue weighted by Gasteiger charge is 2.24. The van der Waals surface area contributed by atoms with E-state index < -0.39 is 0 Å². The molecule has 0 spiro atoms. The fourth-order valence-corrected chi connectivity index (χ4v) is 3.27. The third-order valence-electron chi connectivity index (χ3n) is 3.32. The summed E-state index contributed by atoms with van der Waals surface area (Å²) in [6.07, 6.45) is 0.0775. The first-order valence-electron chi connectivity index (χ1n) is 6.76. The number of nitrogens with zero attached hydrogens (tertiary/aromatic N) is 2. The molecule has 3 rings (SSSR count). The number of amides is 1. The van der Waals surface area contributed by atoms with Crippen LogP contribution in [0.25, 0.3) is 10.6 Å². The molecule has 1 saturated heterocycles. The van der Waals surface area contributed by atoms with E-state index in [1.165, 1.54) is 11.3 Å². The molecule has 1 unspecified atom stereocenters. The molecule has 4 nitrogen and oxygen atoms in total. The average molecular weight is 323 g/mol. The molecule has 1 aliphatic rings. The topological polar surface area (TPSA) is 42.4 Å². The number of carbonyl (C=O) groups is 1. The molecule has 1 aromatic carbocycles. The van der Waals surface area contributed by atoms with Crippen molar-refractivity contribution in [1.29, 1.82) is 0 Å². The zero-order chi connectivity index (χ0) is 14.8. The first kappa shape index (κ1) is 14.5. The van der Waals surface area contributed by atoms with Gasteiger partial charge in [0.25, 0.3) is 5.91 Å². The van der Waals surface area contributed by atoms with Gasteiger partial charge in [-0.2, -0.15) is 0 Å². The van der Waals surface area contributed by atoms with Gasteiger partial charge >= 0.3 is 0 Å². The van der Waals surface area contributed by atoms with Crippen LogP contribution >= 0.6 is 22.9 Å². The molecule has 1 fully saturated rings. The van der Waals surface area contributed by atoms with Gasteiger partial charge in [0.2, 0.25) is 0 Å². The molecule has 110 valence electrons. The molecule has 0 N–H and O–H groups in total. The Kier molecular flexibility index (Phi) is 4.24. The minimum atomic E-state index is -0.0327. The number of rotatable bonds is 2. The summed E-state index contributed by atoms with van der Waals surface area (Å²) in [6, 6.07) is 7.49. The molecule has 0 aliphatic carbocycles. The minimum Gasteiger partial charge on any atom is -0.375 e. The Morgan fingerprint density at radius 2 is 2.38 bits per heavy atom. The van der Waals surface area contributed by atoms with Gasteiger partial charge in [-0.3, -0.25) is 4.79 Å². The predicted molar refractivity (Wildman–Crippen MR) is 83.9 cm³/mol. The second-order valence-corrected chi connectivity index (χ2v) is 6.28. The molecule has 1 atom stereocenters. The van der Waals surface area contributed by atoms with Crippen LogP contribution in [0.15, 0.2) is 29.6 Å². The maximum atomic E-state index is 12.4. The number of hydrogen-bond acceptors (Lipinski definition) is 4. The zero-order valence-electron chi connectivity index (χ0n) is 11.6. The van der Waals surface area contributed by atoms with Crippen molar-refractivity contribution in [3.8, 4) is 10.6 Å². The van der Waals surface area contributed by atoms with Gasteiger partial charge in [-0.25, -0.2) is 4.98 Å². The van der Waals surface area contributed by atoms with Crippen molar-refractivity contribution < 1.29 is 9.53 Å². The first-order valence-corrected chi connectivity index (χ1v) is 8.01. The van der Waals surface area contributed by atoms with Gasteiger partial charge in [0, 0.05) is 29.1 Å². The third-order valence-corrected chi connectivity index (χ3v) is 4.45. The molecule has 2 aromatic rings. The molecule has 1 aliphatic heterocycles. The van der Waals surface area contributed by atoms with Crippen LogP contribution in [0, 0.1) is 0 Å². The van der Waals surface area contributed by atoms with Crippen LogP contribution in [-0.4, -0.2) is 41.6 Å². The van der Waals surface area contributed by atoms with Crippen molar-refractivity contribution in [2.75, 3.05) is 19.7 Å². The second kappa shape index (κ2) is 6.13. The highest BCUT2D eigenvalue weighted by atomic mass is 35.5. The van der Waals surface area contributed by atoms with E-state index in [2.05, 4.69) is 4.98 Å². The Morgan fingerprint density at radius 1 is 1.52 bits per heavy atom. The minimum absolute atomic E-state index is 0.0327. The van der Waals surface area contributed by atoms with Crippen LogP contribution in [0.2, 0.25) is 5.02 Å². The third kappa shape index (κ3) is 3.26. The summed E-state index contributed by atoms with van der Waals surface area (Å²) in [5.41, 5.74) is 1.42. The molecule has 1 aromatic heterocycles. The van der Waals surface area contributed by atoms with Crippen LogP contribution < -0.4 is 0 Å². The summed E-state index contributed by atoms with van der Waals surface area (Å²) in [5, 5.41) is 3.28. The number of aromatic nitrogens is 1. The standard InChI is InChI=1S/C15H15ClN2O2S/c1-10-8-18(5-6-20-10)15(19)13-9-21-14(17-13)11-3-2-4-12(16)7-11/h2-4,7,9-10H,5-6,8H2,1H3. The van der Waals surface area contributed by atoms with E-state index in [9.17, 15) is 4.79 Å². The lowest BCUT2D eigenvalue weighted by atomic mass is 10.2. The van der Waals surface area contributed by atoms with Crippen molar-refractivity contribution in [2.45, 2.75) is 13.0 Å². The SMILES string of the molecule is CC1CN(C(=O)c2csc(-c3cccc(Cl)c3)n2)CCO1. The summed E-state index contributed by atoms with van der Waals surface area (Å²) < 4.78 is 5.46. The molecular weight excluding hydrogens is 308 g/mol.